The molecule has 7 heavy (non-hydrogen) atoms. The summed E-state index contributed by atoms with van der Waals surface area (Å²) >= 11 is 0. The summed E-state index contributed by atoms with van der Waals surface area (Å²) in [6.45, 7) is 1.10. The molecular weight excluding hydrogens is 128 g/mol. The van der Waals surface area contributed by atoms with Crippen LogP contribution in [-0.2, 0) is 0 Å². The molecule has 4 heteroatoms. The third kappa shape index (κ3) is 2.43. The second-order valence-electron chi connectivity index (χ2n) is 1.29. The fourth-order valence-electron chi connectivity index (χ4n) is 0.371. The highest BCUT2D eigenvalue weighted by Gasteiger charge is 1.94. The van der Waals surface area contributed by atoms with Crippen LogP contribution >= 0.6 is 21.8 Å². The minimum Gasteiger partial charge on any atom is -0.247 e. The number of hydrogen-bond donors (Lipinski definition) is 2. The van der Waals surface area contributed by atoms with Crippen molar-refractivity contribution < 1.29 is 0 Å². The maximum absolute atomic E-state index is 3.04. The molecule has 1 fully saturated rings. The average molecular weight is 136 g/mol. The van der Waals surface area contributed by atoms with Gasteiger partial charge in [0, 0.05) is 23.3 Å². The van der Waals surface area contributed by atoms with Crippen LogP contribution in [0, 0.1) is 0 Å². The van der Waals surface area contributed by atoms with Gasteiger partial charge in [0.25, 0.3) is 0 Å². The molecule has 1 aliphatic rings. The summed E-state index contributed by atoms with van der Waals surface area (Å²) in [7, 11) is 3.53. The van der Waals surface area contributed by atoms with Crippen molar-refractivity contribution in [2.45, 2.75) is 6.42 Å². The first-order chi connectivity index (χ1) is 3.50. The Kier molecular flexibility index (Phi) is 2.96. The maximum Gasteiger partial charge on any atom is 0.0117 e. The second-order valence-corrected chi connectivity index (χ2v) is 3.51. The first-order valence-electron chi connectivity index (χ1n) is 2.26. The molecule has 0 aliphatic carbocycles. The summed E-state index contributed by atoms with van der Waals surface area (Å²) in [5.41, 5.74) is 3.04. The van der Waals surface area contributed by atoms with Crippen molar-refractivity contribution in [3.8, 4) is 0 Å². The number of hydrogen-bond acceptors (Lipinski definition) is 4. The Morgan fingerprint density at radius 1 is 1.43 bits per heavy atom. The lowest BCUT2D eigenvalue weighted by Gasteiger charge is -1.93. The summed E-state index contributed by atoms with van der Waals surface area (Å²) in [5, 5.41) is 0. The Hall–Kier alpha value is 0.620. The largest absolute Gasteiger partial charge is 0.247 e. The van der Waals surface area contributed by atoms with E-state index in [0.717, 1.165) is 6.54 Å². The van der Waals surface area contributed by atoms with E-state index < -0.39 is 0 Å². The van der Waals surface area contributed by atoms with Gasteiger partial charge in [-0.15, -0.1) is 0 Å². The predicted octanol–water partition coefficient (Wildman–Crippen LogP) is 0.781. The first kappa shape index (κ1) is 5.75. The standard InChI is InChI=1S/C3H8N2S2/c1-2-4-5-7-6-3-1/h4-5H,1-3H2. The van der Waals surface area contributed by atoms with Gasteiger partial charge in [-0.25, -0.2) is 5.43 Å². The zero-order valence-electron chi connectivity index (χ0n) is 3.94. The number of hydrazine groups is 1. The van der Waals surface area contributed by atoms with Gasteiger partial charge in [0.15, 0.2) is 0 Å². The smallest absolute Gasteiger partial charge is 0.0117 e. The zero-order chi connectivity index (χ0) is 4.95. The van der Waals surface area contributed by atoms with Gasteiger partial charge < -0.3 is 0 Å². The van der Waals surface area contributed by atoms with Crippen LogP contribution in [0.4, 0.5) is 0 Å². The Balaban J connectivity index is 2.04. The van der Waals surface area contributed by atoms with Gasteiger partial charge in [0.1, 0.15) is 0 Å². The average Bonchev–Trinajstić information content (AvgIpc) is 1.90. The van der Waals surface area contributed by atoms with E-state index in [1.54, 1.807) is 11.0 Å². The maximum atomic E-state index is 3.04. The molecule has 0 aromatic rings. The van der Waals surface area contributed by atoms with E-state index in [1.807, 2.05) is 10.8 Å². The van der Waals surface area contributed by atoms with Gasteiger partial charge in [0.05, 0.1) is 0 Å². The van der Waals surface area contributed by atoms with Crippen molar-refractivity contribution >= 4 is 21.8 Å². The molecule has 0 atom stereocenters. The Bertz CT molecular complexity index is 30.5. The van der Waals surface area contributed by atoms with Crippen LogP contribution in [0.3, 0.4) is 0 Å². The van der Waals surface area contributed by atoms with E-state index in [0.29, 0.717) is 0 Å². The lowest BCUT2D eigenvalue weighted by Crippen LogP contribution is -2.23. The summed E-state index contributed by atoms with van der Waals surface area (Å²) in [5.74, 6) is 1.25. The van der Waals surface area contributed by atoms with Gasteiger partial charge >= 0.3 is 0 Å². The lowest BCUT2D eigenvalue weighted by atomic mass is 10.5. The van der Waals surface area contributed by atoms with Crippen LogP contribution in [0.5, 0.6) is 0 Å². The summed E-state index contributed by atoms with van der Waals surface area (Å²) < 4.78 is 0. The van der Waals surface area contributed by atoms with E-state index in [-0.39, 0.29) is 0 Å². The molecule has 0 radical (unpaired) electrons. The topological polar surface area (TPSA) is 24.1 Å². The molecule has 0 saturated carbocycles. The fraction of sp³-hybridized carbons (Fsp3) is 1.00. The van der Waals surface area contributed by atoms with Gasteiger partial charge in [-0.1, -0.05) is 10.8 Å². The first-order valence-corrected chi connectivity index (χ1v) is 4.58. The van der Waals surface area contributed by atoms with E-state index in [4.69, 9.17) is 0 Å². The highest BCUT2D eigenvalue weighted by molar-refractivity contribution is 8.76. The Morgan fingerprint density at radius 3 is 3.43 bits per heavy atom. The van der Waals surface area contributed by atoms with Crippen LogP contribution < -0.4 is 10.3 Å². The van der Waals surface area contributed by atoms with Gasteiger partial charge in [-0.3, -0.25) is 0 Å². The molecule has 0 spiro atoms. The van der Waals surface area contributed by atoms with Crippen LogP contribution in [0.1, 0.15) is 6.42 Å². The lowest BCUT2D eigenvalue weighted by molar-refractivity contribution is 0.678. The van der Waals surface area contributed by atoms with Gasteiger partial charge in [-0.05, 0) is 6.42 Å². The monoisotopic (exact) mass is 136 g/mol. The second kappa shape index (κ2) is 3.60. The van der Waals surface area contributed by atoms with Crippen molar-refractivity contribution in [1.82, 2.24) is 10.3 Å². The predicted molar refractivity (Wildman–Crippen MR) is 35.8 cm³/mol. The van der Waals surface area contributed by atoms with Crippen molar-refractivity contribution in [1.29, 1.82) is 0 Å². The summed E-state index contributed by atoms with van der Waals surface area (Å²) in [4.78, 5) is 2.98. The Morgan fingerprint density at radius 2 is 2.43 bits per heavy atom. The van der Waals surface area contributed by atoms with Crippen molar-refractivity contribution in [3.05, 3.63) is 0 Å². The Labute approximate surface area is 51.3 Å². The third-order valence-corrected chi connectivity index (χ3v) is 2.61. The molecule has 1 saturated heterocycles. The molecule has 2 N–H and O–H groups in total. The van der Waals surface area contributed by atoms with E-state index in [2.05, 4.69) is 10.3 Å². The minimum absolute atomic E-state index is 1.10. The SMILES string of the molecule is C1CNNSSC1. The molecular formula is C3H8N2S2. The van der Waals surface area contributed by atoms with Crippen LogP contribution in [-0.4, -0.2) is 12.3 Å². The van der Waals surface area contributed by atoms with Gasteiger partial charge in [-0.2, -0.15) is 4.83 Å². The molecule has 1 aliphatic heterocycles. The molecule has 0 aromatic carbocycles. The van der Waals surface area contributed by atoms with Gasteiger partial charge in [0.2, 0.25) is 0 Å². The van der Waals surface area contributed by atoms with Crippen molar-refractivity contribution in [2.75, 3.05) is 12.3 Å². The number of rotatable bonds is 0. The van der Waals surface area contributed by atoms with E-state index in [9.17, 15) is 0 Å². The van der Waals surface area contributed by atoms with Crippen LogP contribution in [0.2, 0.25) is 0 Å². The van der Waals surface area contributed by atoms with Crippen molar-refractivity contribution in [3.63, 3.8) is 0 Å². The molecule has 0 unspecified atom stereocenters. The summed E-state index contributed by atoms with van der Waals surface area (Å²) in [6, 6.07) is 0. The molecule has 42 valence electrons. The fourth-order valence-corrected chi connectivity index (χ4v) is 1.89. The molecule has 2 nitrogen and oxygen atoms in total. The quantitative estimate of drug-likeness (QED) is 0.379. The molecule has 1 rings (SSSR count). The highest BCUT2D eigenvalue weighted by Crippen LogP contribution is 2.18. The van der Waals surface area contributed by atoms with Crippen LogP contribution in [0.15, 0.2) is 0 Å². The minimum atomic E-state index is 1.10. The third-order valence-electron chi connectivity index (χ3n) is 0.702. The summed E-state index contributed by atoms with van der Waals surface area (Å²) in [6.07, 6.45) is 1.27. The number of nitrogens with one attached hydrogen (secondary N) is 2. The van der Waals surface area contributed by atoms with E-state index in [1.165, 1.54) is 12.2 Å². The molecule has 1 heterocycles. The zero-order valence-corrected chi connectivity index (χ0v) is 5.57. The van der Waals surface area contributed by atoms with Crippen molar-refractivity contribution in [2.24, 2.45) is 0 Å². The molecule has 0 aromatic heterocycles. The van der Waals surface area contributed by atoms with E-state index >= 15 is 0 Å². The van der Waals surface area contributed by atoms with Crippen LogP contribution in [0.25, 0.3) is 0 Å². The molecule has 0 bridgehead atoms. The highest BCUT2D eigenvalue weighted by atomic mass is 33.1. The normalized spacial score (nSPS) is 24.0. The molecule has 0 amide bonds.